The molecule has 1 aromatic heterocycles. The van der Waals surface area contributed by atoms with Gasteiger partial charge in [-0.3, -0.25) is 4.79 Å². The second-order valence-corrected chi connectivity index (χ2v) is 5.29. The zero-order valence-electron chi connectivity index (χ0n) is 11.8. The number of carbonyl (C=O) groups is 1. The highest BCUT2D eigenvalue weighted by atomic mass is 35.5. The smallest absolute Gasteiger partial charge is 0.274 e. The highest BCUT2D eigenvalue weighted by Crippen LogP contribution is 2.25. The largest absolute Gasteiger partial charge is 0.349 e. The van der Waals surface area contributed by atoms with Crippen molar-refractivity contribution in [2.24, 2.45) is 0 Å². The Morgan fingerprint density at radius 1 is 1.23 bits per heavy atom. The topological polar surface area (TPSA) is 40.5 Å². The molecule has 5 heteroatoms. The van der Waals surface area contributed by atoms with Crippen molar-refractivity contribution < 1.29 is 4.79 Å². The van der Waals surface area contributed by atoms with Crippen LogP contribution in [0.15, 0.2) is 48.5 Å². The van der Waals surface area contributed by atoms with E-state index in [2.05, 4.69) is 9.83 Å². The molecule has 0 aliphatic heterocycles. The summed E-state index contributed by atoms with van der Waals surface area (Å²) < 4.78 is 0. The van der Waals surface area contributed by atoms with Crippen molar-refractivity contribution in [3.8, 4) is 0 Å². The highest BCUT2D eigenvalue weighted by molar-refractivity contribution is 6.35. The summed E-state index contributed by atoms with van der Waals surface area (Å²) in [5.74, 6) is -0.164. The number of halogens is 1. The molecule has 4 nitrogen and oxygen atoms in total. The molecule has 3 aromatic rings. The lowest BCUT2D eigenvalue weighted by Gasteiger charge is -2.16. The summed E-state index contributed by atoms with van der Waals surface area (Å²) >= 11 is 6.12. The summed E-state index contributed by atoms with van der Waals surface area (Å²) in [6.45, 7) is 6.95. The zero-order valence-corrected chi connectivity index (χ0v) is 12.6. The average molecular weight is 310 g/mol. The minimum Gasteiger partial charge on any atom is -0.349 e. The Hall–Kier alpha value is -2.77. The first-order chi connectivity index (χ1) is 10.6. The molecule has 0 atom stereocenters. The van der Waals surface area contributed by atoms with Crippen LogP contribution in [-0.4, -0.2) is 17.9 Å². The molecule has 0 bridgehead atoms. The number of fused-ring (bicyclic) bond motifs is 1. The van der Waals surface area contributed by atoms with Gasteiger partial charge in [-0.25, -0.2) is 4.85 Å². The fourth-order valence-electron chi connectivity index (χ4n) is 2.28. The van der Waals surface area contributed by atoms with Gasteiger partial charge >= 0.3 is 0 Å². The van der Waals surface area contributed by atoms with Crippen molar-refractivity contribution in [2.45, 2.75) is 0 Å². The molecule has 1 heterocycles. The number of rotatable bonds is 2. The molecule has 0 saturated heterocycles. The third kappa shape index (κ3) is 2.43. The van der Waals surface area contributed by atoms with Crippen LogP contribution in [0, 0.1) is 6.57 Å². The van der Waals surface area contributed by atoms with E-state index in [0.717, 1.165) is 16.6 Å². The van der Waals surface area contributed by atoms with E-state index in [-0.39, 0.29) is 5.91 Å². The third-order valence-electron chi connectivity index (χ3n) is 3.51. The van der Waals surface area contributed by atoms with Crippen molar-refractivity contribution in [3.63, 3.8) is 0 Å². The molecule has 0 aliphatic rings. The van der Waals surface area contributed by atoms with Crippen LogP contribution in [0.3, 0.4) is 0 Å². The van der Waals surface area contributed by atoms with Crippen LogP contribution in [0.2, 0.25) is 5.02 Å². The van der Waals surface area contributed by atoms with E-state index in [1.165, 1.54) is 4.90 Å². The van der Waals surface area contributed by atoms with Crippen molar-refractivity contribution in [1.82, 2.24) is 4.98 Å². The second kappa shape index (κ2) is 5.55. The van der Waals surface area contributed by atoms with Gasteiger partial charge in [0.2, 0.25) is 0 Å². The van der Waals surface area contributed by atoms with Crippen LogP contribution in [0.1, 0.15) is 10.5 Å². The Kier molecular flexibility index (Phi) is 3.58. The Morgan fingerprint density at radius 2 is 1.95 bits per heavy atom. The van der Waals surface area contributed by atoms with Gasteiger partial charge in [0.05, 0.1) is 17.1 Å². The highest BCUT2D eigenvalue weighted by Gasteiger charge is 2.16. The van der Waals surface area contributed by atoms with E-state index in [1.54, 1.807) is 43.4 Å². The molecule has 0 radical (unpaired) electrons. The normalized spacial score (nSPS) is 10.4. The summed E-state index contributed by atoms with van der Waals surface area (Å²) in [7, 11) is 1.70. The molecular weight excluding hydrogens is 298 g/mol. The van der Waals surface area contributed by atoms with E-state index in [9.17, 15) is 4.79 Å². The van der Waals surface area contributed by atoms with Crippen LogP contribution in [0.4, 0.5) is 11.4 Å². The number of aromatic amines is 1. The van der Waals surface area contributed by atoms with Gasteiger partial charge in [0.25, 0.3) is 5.91 Å². The standard InChI is InChI=1S/C17H12ClN3O/c1-19-12-6-8-13(9-7-12)21(2)17(22)15-10-11-4-3-5-14(18)16(11)20-15/h3-10,20H,2H3. The van der Waals surface area contributed by atoms with Gasteiger partial charge in [-0.15, -0.1) is 0 Å². The Morgan fingerprint density at radius 3 is 2.59 bits per heavy atom. The van der Waals surface area contributed by atoms with E-state index in [0.29, 0.717) is 16.4 Å². The Balaban J connectivity index is 1.94. The van der Waals surface area contributed by atoms with Crippen LogP contribution in [-0.2, 0) is 0 Å². The molecular formula is C17H12ClN3O. The number of carbonyl (C=O) groups excluding carboxylic acids is 1. The first-order valence-electron chi connectivity index (χ1n) is 6.63. The number of nitrogens with one attached hydrogen (secondary N) is 1. The SMILES string of the molecule is [C-]#[N+]c1ccc(N(C)C(=O)c2cc3cccc(Cl)c3[nH]2)cc1. The number of hydrogen-bond donors (Lipinski definition) is 1. The maximum absolute atomic E-state index is 12.6. The van der Waals surface area contributed by atoms with Crippen LogP contribution >= 0.6 is 11.6 Å². The molecule has 0 fully saturated rings. The lowest BCUT2D eigenvalue weighted by atomic mass is 10.2. The maximum Gasteiger partial charge on any atom is 0.274 e. The van der Waals surface area contributed by atoms with Gasteiger partial charge < -0.3 is 9.88 Å². The summed E-state index contributed by atoms with van der Waals surface area (Å²) in [4.78, 5) is 20.5. The first-order valence-corrected chi connectivity index (χ1v) is 7.01. The summed E-state index contributed by atoms with van der Waals surface area (Å²) in [6, 6.07) is 14.2. The number of para-hydroxylation sites is 1. The number of nitrogens with zero attached hydrogens (tertiary/aromatic N) is 2. The number of benzene rings is 2. The molecule has 3 rings (SSSR count). The fourth-order valence-corrected chi connectivity index (χ4v) is 2.51. The van der Waals surface area contributed by atoms with Crippen molar-refractivity contribution in [2.75, 3.05) is 11.9 Å². The molecule has 0 aliphatic carbocycles. The molecule has 108 valence electrons. The molecule has 2 aromatic carbocycles. The number of anilines is 1. The fraction of sp³-hybridized carbons (Fsp3) is 0.0588. The maximum atomic E-state index is 12.6. The predicted octanol–water partition coefficient (Wildman–Crippen LogP) is 4.65. The van der Waals surface area contributed by atoms with Gasteiger partial charge in [0, 0.05) is 18.1 Å². The molecule has 22 heavy (non-hydrogen) atoms. The van der Waals surface area contributed by atoms with E-state index in [1.807, 2.05) is 12.1 Å². The van der Waals surface area contributed by atoms with E-state index < -0.39 is 0 Å². The van der Waals surface area contributed by atoms with Gasteiger partial charge in [-0.1, -0.05) is 35.9 Å². The number of amides is 1. The van der Waals surface area contributed by atoms with Crippen molar-refractivity contribution in [3.05, 3.63) is 70.7 Å². The number of H-pyrrole nitrogens is 1. The second-order valence-electron chi connectivity index (χ2n) is 4.88. The lowest BCUT2D eigenvalue weighted by Crippen LogP contribution is -2.26. The van der Waals surface area contributed by atoms with Gasteiger partial charge in [0.15, 0.2) is 5.69 Å². The summed E-state index contributed by atoms with van der Waals surface area (Å²) in [5.41, 5.74) is 2.49. The predicted molar refractivity (Wildman–Crippen MR) is 88.7 cm³/mol. The molecule has 0 spiro atoms. The van der Waals surface area contributed by atoms with Gasteiger partial charge in [0.1, 0.15) is 5.69 Å². The van der Waals surface area contributed by atoms with Crippen molar-refractivity contribution in [1.29, 1.82) is 0 Å². The van der Waals surface area contributed by atoms with Crippen molar-refractivity contribution >= 4 is 39.8 Å². The molecule has 0 unspecified atom stereocenters. The molecule has 0 saturated carbocycles. The molecule has 1 amide bonds. The van der Waals surface area contributed by atoms with Gasteiger partial charge in [-0.05, 0) is 24.3 Å². The van der Waals surface area contributed by atoms with Crippen LogP contribution < -0.4 is 4.90 Å². The lowest BCUT2D eigenvalue weighted by molar-refractivity contribution is 0.0989. The van der Waals surface area contributed by atoms with E-state index >= 15 is 0 Å². The third-order valence-corrected chi connectivity index (χ3v) is 3.82. The first kappa shape index (κ1) is 14.2. The zero-order chi connectivity index (χ0) is 15.7. The number of hydrogen-bond acceptors (Lipinski definition) is 1. The van der Waals surface area contributed by atoms with Crippen LogP contribution in [0.25, 0.3) is 15.7 Å². The Bertz CT molecular complexity index is 890. The number of aromatic nitrogens is 1. The summed E-state index contributed by atoms with van der Waals surface area (Å²) in [6.07, 6.45) is 0. The minimum absolute atomic E-state index is 0.164. The minimum atomic E-state index is -0.164. The average Bonchev–Trinajstić information content (AvgIpc) is 2.99. The Labute approximate surface area is 132 Å². The monoisotopic (exact) mass is 309 g/mol. The quantitative estimate of drug-likeness (QED) is 0.688. The summed E-state index contributed by atoms with van der Waals surface area (Å²) in [5, 5.41) is 1.48. The molecule has 1 N–H and O–H groups in total. The van der Waals surface area contributed by atoms with Gasteiger partial charge in [-0.2, -0.15) is 0 Å². The van der Waals surface area contributed by atoms with E-state index in [4.69, 9.17) is 18.2 Å². The van der Waals surface area contributed by atoms with Crippen LogP contribution in [0.5, 0.6) is 0 Å².